The number of anilines is 3. The van der Waals surface area contributed by atoms with Crippen LogP contribution in [0.15, 0.2) is 43.2 Å². The fraction of sp³-hybridized carbons (Fsp3) is 0.360. The summed E-state index contributed by atoms with van der Waals surface area (Å²) in [6.45, 7) is 3.63. The lowest BCUT2D eigenvalue weighted by Crippen LogP contribution is -2.35. The van der Waals surface area contributed by atoms with Gasteiger partial charge in [0.1, 0.15) is 23.5 Å². The molecule has 1 fully saturated rings. The maximum Gasteiger partial charge on any atom is 0.271 e. The zero-order chi connectivity index (χ0) is 25.2. The molecule has 5 rings (SSSR count). The van der Waals surface area contributed by atoms with Gasteiger partial charge in [-0.25, -0.2) is 29.3 Å². The van der Waals surface area contributed by atoms with Crippen LogP contribution in [-0.4, -0.2) is 67.5 Å². The highest BCUT2D eigenvalue weighted by atomic mass is 19.1. The standard InChI is InChI=1S/C25H28FN9O/c1-4-16-11-28-25(29-12-16)34-9-7-18(8-10-34)35-14-19(26)21-22(30-15-31-23(21)35)32-17-5-6-20(27-13-17)24(36)33(2)3/h5-6,11-15,18H,4,7-10H2,1-3H3,(H,30,31,32). The van der Waals surface area contributed by atoms with E-state index in [1.165, 1.54) is 23.6 Å². The smallest absolute Gasteiger partial charge is 0.271 e. The van der Waals surface area contributed by atoms with Gasteiger partial charge in [0.25, 0.3) is 5.91 Å². The number of piperidine rings is 1. The lowest BCUT2D eigenvalue weighted by Gasteiger charge is -2.32. The van der Waals surface area contributed by atoms with Crippen molar-refractivity contribution < 1.29 is 9.18 Å². The Morgan fingerprint density at radius 3 is 2.47 bits per heavy atom. The molecule has 0 atom stereocenters. The second-order valence-electron chi connectivity index (χ2n) is 9.02. The number of pyridine rings is 1. The maximum atomic E-state index is 15.2. The van der Waals surface area contributed by atoms with Crippen LogP contribution in [0, 0.1) is 5.82 Å². The molecule has 0 aromatic carbocycles. The molecule has 4 aromatic heterocycles. The van der Waals surface area contributed by atoms with Gasteiger partial charge >= 0.3 is 0 Å². The topological polar surface area (TPSA) is 105 Å². The summed E-state index contributed by atoms with van der Waals surface area (Å²) in [5, 5.41) is 3.45. The third kappa shape index (κ3) is 4.56. The Kier molecular flexibility index (Phi) is 6.45. The summed E-state index contributed by atoms with van der Waals surface area (Å²) < 4.78 is 17.1. The van der Waals surface area contributed by atoms with Gasteiger partial charge in [0.15, 0.2) is 5.82 Å². The van der Waals surface area contributed by atoms with E-state index in [1.807, 2.05) is 17.0 Å². The van der Waals surface area contributed by atoms with E-state index in [1.54, 1.807) is 26.2 Å². The van der Waals surface area contributed by atoms with Crippen molar-refractivity contribution in [1.82, 2.24) is 34.4 Å². The Bertz CT molecular complexity index is 1360. The number of aryl methyl sites for hydroxylation is 1. The first-order valence-corrected chi connectivity index (χ1v) is 12.0. The van der Waals surface area contributed by atoms with Crippen LogP contribution < -0.4 is 10.2 Å². The first-order valence-electron chi connectivity index (χ1n) is 12.0. The number of fused-ring (bicyclic) bond motifs is 1. The summed E-state index contributed by atoms with van der Waals surface area (Å²) in [6.07, 6.45) is 10.8. The van der Waals surface area contributed by atoms with Crippen molar-refractivity contribution in [3.63, 3.8) is 0 Å². The minimum Gasteiger partial charge on any atom is -0.343 e. The number of carbonyl (C=O) groups is 1. The van der Waals surface area contributed by atoms with E-state index in [-0.39, 0.29) is 17.8 Å². The van der Waals surface area contributed by atoms with E-state index in [4.69, 9.17) is 0 Å². The number of halogens is 1. The molecule has 36 heavy (non-hydrogen) atoms. The second kappa shape index (κ2) is 9.84. The normalized spacial score (nSPS) is 14.3. The summed E-state index contributed by atoms with van der Waals surface area (Å²) in [5.41, 5.74) is 2.58. The lowest BCUT2D eigenvalue weighted by molar-refractivity contribution is 0.0822. The predicted octanol–water partition coefficient (Wildman–Crippen LogP) is 3.60. The zero-order valence-electron chi connectivity index (χ0n) is 20.5. The fourth-order valence-electron chi connectivity index (χ4n) is 4.41. The van der Waals surface area contributed by atoms with E-state index >= 15 is 4.39 Å². The molecular weight excluding hydrogens is 461 g/mol. The van der Waals surface area contributed by atoms with Crippen LogP contribution in [0.1, 0.15) is 41.9 Å². The number of aromatic nitrogens is 6. The third-order valence-electron chi connectivity index (χ3n) is 6.46. The Morgan fingerprint density at radius 1 is 1.08 bits per heavy atom. The molecule has 0 saturated carbocycles. The van der Waals surface area contributed by atoms with E-state index in [9.17, 15) is 4.79 Å². The molecule has 11 heteroatoms. The molecule has 5 heterocycles. The number of nitrogens with one attached hydrogen (secondary N) is 1. The van der Waals surface area contributed by atoms with Crippen molar-refractivity contribution in [1.29, 1.82) is 0 Å². The quantitative estimate of drug-likeness (QED) is 0.438. The number of rotatable bonds is 6. The predicted molar refractivity (Wildman–Crippen MR) is 135 cm³/mol. The van der Waals surface area contributed by atoms with Gasteiger partial charge in [-0.3, -0.25) is 4.79 Å². The number of carbonyl (C=O) groups excluding carboxylic acids is 1. The monoisotopic (exact) mass is 489 g/mol. The Morgan fingerprint density at radius 2 is 1.83 bits per heavy atom. The molecule has 1 amide bonds. The fourth-order valence-corrected chi connectivity index (χ4v) is 4.41. The third-order valence-corrected chi connectivity index (χ3v) is 6.46. The summed E-state index contributed by atoms with van der Waals surface area (Å²) in [5.74, 6) is 0.507. The van der Waals surface area contributed by atoms with Crippen molar-refractivity contribution in [2.75, 3.05) is 37.4 Å². The molecule has 186 valence electrons. The minimum absolute atomic E-state index is 0.101. The molecule has 1 saturated heterocycles. The molecule has 0 spiro atoms. The van der Waals surface area contributed by atoms with Gasteiger partial charge < -0.3 is 19.7 Å². The van der Waals surface area contributed by atoms with E-state index in [2.05, 4.69) is 42.1 Å². The lowest BCUT2D eigenvalue weighted by atomic mass is 10.1. The Balaban J connectivity index is 1.33. The molecule has 1 N–H and O–H groups in total. The van der Waals surface area contributed by atoms with Gasteiger partial charge in [-0.05, 0) is 37.0 Å². The Hall–Kier alpha value is -4.15. The summed E-state index contributed by atoms with van der Waals surface area (Å²) >= 11 is 0. The van der Waals surface area contributed by atoms with Crippen LogP contribution in [0.4, 0.5) is 21.8 Å². The first-order chi connectivity index (χ1) is 17.4. The second-order valence-corrected chi connectivity index (χ2v) is 9.02. The molecular formula is C25H28FN9O. The molecule has 4 aromatic rings. The highest BCUT2D eigenvalue weighted by molar-refractivity contribution is 5.93. The number of hydrogen-bond donors (Lipinski definition) is 1. The molecule has 0 bridgehead atoms. The molecule has 10 nitrogen and oxygen atoms in total. The van der Waals surface area contributed by atoms with E-state index < -0.39 is 0 Å². The van der Waals surface area contributed by atoms with E-state index in [0.29, 0.717) is 28.2 Å². The highest BCUT2D eigenvalue weighted by Crippen LogP contribution is 2.33. The number of amides is 1. The van der Waals surface area contributed by atoms with Crippen molar-refractivity contribution >= 4 is 34.4 Å². The average molecular weight is 490 g/mol. The van der Waals surface area contributed by atoms with Gasteiger partial charge in [-0.1, -0.05) is 6.92 Å². The first kappa shape index (κ1) is 23.6. The maximum absolute atomic E-state index is 15.2. The summed E-state index contributed by atoms with van der Waals surface area (Å²) in [7, 11) is 3.34. The largest absolute Gasteiger partial charge is 0.343 e. The van der Waals surface area contributed by atoms with Crippen LogP contribution in [0.2, 0.25) is 0 Å². The number of hydrogen-bond acceptors (Lipinski definition) is 8. The SMILES string of the molecule is CCc1cnc(N2CCC(n3cc(F)c4c(Nc5ccc(C(=O)N(C)C)nc5)ncnc43)CC2)nc1. The van der Waals surface area contributed by atoms with Gasteiger partial charge in [0.05, 0.1) is 17.3 Å². The van der Waals surface area contributed by atoms with Gasteiger partial charge in [-0.2, -0.15) is 0 Å². The summed E-state index contributed by atoms with van der Waals surface area (Å²) in [4.78, 5) is 37.6. The van der Waals surface area contributed by atoms with Crippen molar-refractivity contribution in [3.05, 3.63) is 60.3 Å². The van der Waals surface area contributed by atoms with Crippen molar-refractivity contribution in [3.8, 4) is 0 Å². The summed E-state index contributed by atoms with van der Waals surface area (Å²) in [6, 6.07) is 3.44. The molecule has 1 aliphatic rings. The average Bonchev–Trinajstić information content (AvgIpc) is 3.26. The van der Waals surface area contributed by atoms with E-state index in [0.717, 1.165) is 43.9 Å². The molecule has 0 aliphatic carbocycles. The van der Waals surface area contributed by atoms with Crippen molar-refractivity contribution in [2.45, 2.75) is 32.2 Å². The number of nitrogens with zero attached hydrogens (tertiary/aromatic N) is 8. The molecule has 0 radical (unpaired) electrons. The molecule has 1 aliphatic heterocycles. The van der Waals surface area contributed by atoms with Crippen LogP contribution in [0.3, 0.4) is 0 Å². The Labute approximate surface area is 208 Å². The van der Waals surface area contributed by atoms with Crippen LogP contribution in [0.25, 0.3) is 11.0 Å². The van der Waals surface area contributed by atoms with Crippen LogP contribution in [0.5, 0.6) is 0 Å². The highest BCUT2D eigenvalue weighted by Gasteiger charge is 2.26. The van der Waals surface area contributed by atoms with Crippen molar-refractivity contribution in [2.24, 2.45) is 0 Å². The van der Waals surface area contributed by atoms with Gasteiger partial charge in [0, 0.05) is 51.8 Å². The zero-order valence-corrected chi connectivity index (χ0v) is 20.5. The molecule has 0 unspecified atom stereocenters. The minimum atomic E-state index is -0.388. The van der Waals surface area contributed by atoms with Crippen LogP contribution >= 0.6 is 0 Å². The van der Waals surface area contributed by atoms with Gasteiger partial charge in [-0.15, -0.1) is 0 Å². The van der Waals surface area contributed by atoms with Gasteiger partial charge in [0.2, 0.25) is 5.95 Å². The van der Waals surface area contributed by atoms with Crippen LogP contribution in [-0.2, 0) is 6.42 Å².